The van der Waals surface area contributed by atoms with Gasteiger partial charge >= 0.3 is 0 Å². The largest absolute Gasteiger partial charge is 0.340 e. The first-order chi connectivity index (χ1) is 12.8. The molecule has 1 N–H and O–H groups in total. The number of aromatic nitrogens is 1. The van der Waals surface area contributed by atoms with Crippen LogP contribution in [0.2, 0.25) is 0 Å². The van der Waals surface area contributed by atoms with Gasteiger partial charge in [0.25, 0.3) is 5.91 Å². The molecular formula is C22H28N3OS+. The molecule has 2 aromatic carbocycles. The lowest BCUT2D eigenvalue weighted by Crippen LogP contribution is -3.05. The maximum absolute atomic E-state index is 13.2. The fourth-order valence-electron chi connectivity index (χ4n) is 3.20. The molecule has 0 aliphatic heterocycles. The lowest BCUT2D eigenvalue weighted by atomic mass is 10.1. The van der Waals surface area contributed by atoms with Crippen LogP contribution in [0.5, 0.6) is 0 Å². The second-order valence-corrected chi connectivity index (χ2v) is 8.57. The molecule has 27 heavy (non-hydrogen) atoms. The molecule has 0 radical (unpaired) electrons. The average Bonchev–Trinajstić information content (AvgIpc) is 3.02. The van der Waals surface area contributed by atoms with Crippen molar-refractivity contribution >= 4 is 32.6 Å². The summed E-state index contributed by atoms with van der Waals surface area (Å²) in [5.41, 5.74) is 5.25. The highest BCUT2D eigenvalue weighted by atomic mass is 32.1. The second-order valence-electron chi connectivity index (χ2n) is 7.56. The highest BCUT2D eigenvalue weighted by Crippen LogP contribution is 2.32. The van der Waals surface area contributed by atoms with E-state index in [-0.39, 0.29) is 5.91 Å². The molecule has 3 aromatic rings. The van der Waals surface area contributed by atoms with E-state index in [1.807, 2.05) is 36.1 Å². The van der Waals surface area contributed by atoms with Gasteiger partial charge in [-0.25, -0.2) is 4.98 Å². The van der Waals surface area contributed by atoms with Gasteiger partial charge in [-0.1, -0.05) is 35.1 Å². The first-order valence-corrected chi connectivity index (χ1v) is 10.2. The number of nitrogens with one attached hydrogen (secondary N) is 1. The van der Waals surface area contributed by atoms with Gasteiger partial charge in [-0.05, 0) is 50.1 Å². The molecule has 1 heterocycles. The number of benzene rings is 2. The summed E-state index contributed by atoms with van der Waals surface area (Å²) < 4.78 is 1.14. The number of hydrogen-bond acceptors (Lipinski definition) is 3. The Balaban J connectivity index is 1.97. The van der Waals surface area contributed by atoms with Crippen molar-refractivity contribution in [1.29, 1.82) is 0 Å². The van der Waals surface area contributed by atoms with Crippen LogP contribution in [0.25, 0.3) is 10.2 Å². The number of nitrogens with zero attached hydrogens (tertiary/aromatic N) is 2. The topological polar surface area (TPSA) is 37.6 Å². The minimum absolute atomic E-state index is 0.0252. The number of anilines is 1. The minimum Gasteiger partial charge on any atom is -0.340 e. The number of hydrogen-bond donors (Lipinski definition) is 1. The van der Waals surface area contributed by atoms with E-state index >= 15 is 0 Å². The highest BCUT2D eigenvalue weighted by molar-refractivity contribution is 7.22. The predicted octanol–water partition coefficient (Wildman–Crippen LogP) is 3.40. The molecule has 3 rings (SSSR count). The summed E-state index contributed by atoms with van der Waals surface area (Å²) in [5, 5.41) is 0.790. The minimum atomic E-state index is 0.0252. The number of thiazole rings is 1. The molecule has 142 valence electrons. The smallest absolute Gasteiger partial charge is 0.260 e. The van der Waals surface area contributed by atoms with Crippen LogP contribution < -0.4 is 9.80 Å². The van der Waals surface area contributed by atoms with Crippen molar-refractivity contribution in [3.05, 3.63) is 58.7 Å². The van der Waals surface area contributed by atoms with Crippen molar-refractivity contribution < 1.29 is 9.69 Å². The van der Waals surface area contributed by atoms with E-state index in [1.165, 1.54) is 10.5 Å². The lowest BCUT2D eigenvalue weighted by Gasteiger charge is -2.20. The van der Waals surface area contributed by atoms with E-state index < -0.39 is 0 Å². The first kappa shape index (κ1) is 19.5. The summed E-state index contributed by atoms with van der Waals surface area (Å²) in [6, 6.07) is 12.1. The Bertz CT molecular complexity index is 944. The summed E-state index contributed by atoms with van der Waals surface area (Å²) in [6.45, 7) is 7.91. The Hall–Kier alpha value is -2.24. The average molecular weight is 383 g/mol. The van der Waals surface area contributed by atoms with E-state index in [9.17, 15) is 4.79 Å². The maximum atomic E-state index is 13.2. The number of aryl methyl sites for hydroxylation is 3. The van der Waals surface area contributed by atoms with Crippen molar-refractivity contribution in [2.45, 2.75) is 27.2 Å². The molecule has 5 heteroatoms. The van der Waals surface area contributed by atoms with Crippen LogP contribution >= 0.6 is 11.3 Å². The number of amides is 1. The third kappa shape index (κ3) is 4.54. The third-order valence-electron chi connectivity index (χ3n) is 4.65. The Morgan fingerprint density at radius 3 is 2.44 bits per heavy atom. The summed E-state index contributed by atoms with van der Waals surface area (Å²) >= 11 is 1.61. The van der Waals surface area contributed by atoms with Gasteiger partial charge in [-0.2, -0.15) is 0 Å². The van der Waals surface area contributed by atoms with Crippen molar-refractivity contribution in [3.63, 3.8) is 0 Å². The van der Waals surface area contributed by atoms with Crippen LogP contribution in [0.4, 0.5) is 5.13 Å². The Morgan fingerprint density at radius 1 is 1.07 bits per heavy atom. The van der Waals surface area contributed by atoms with Crippen LogP contribution in [0, 0.1) is 20.8 Å². The van der Waals surface area contributed by atoms with Gasteiger partial charge in [-0.15, -0.1) is 0 Å². The van der Waals surface area contributed by atoms with E-state index in [4.69, 9.17) is 4.98 Å². The van der Waals surface area contributed by atoms with Gasteiger partial charge in [0.05, 0.1) is 30.9 Å². The van der Waals surface area contributed by atoms with Gasteiger partial charge in [0.15, 0.2) is 5.13 Å². The molecule has 0 saturated carbocycles. The Labute approximate surface area is 165 Å². The maximum Gasteiger partial charge on any atom is 0.260 e. The predicted molar refractivity (Wildman–Crippen MR) is 114 cm³/mol. The number of fused-ring (bicyclic) bond motifs is 1. The van der Waals surface area contributed by atoms with Crippen molar-refractivity contribution in [3.8, 4) is 0 Å². The SMILES string of the molecule is Cc1ccc(C(=O)N(CCC[NH+](C)C)c2nc3c(C)cc(C)cc3s2)cc1. The van der Waals surface area contributed by atoms with Gasteiger partial charge in [0.2, 0.25) is 0 Å². The van der Waals surface area contributed by atoms with Gasteiger partial charge in [0.1, 0.15) is 0 Å². The Kier molecular flexibility index (Phi) is 5.92. The van der Waals surface area contributed by atoms with Gasteiger partial charge in [0, 0.05) is 18.5 Å². The van der Waals surface area contributed by atoms with Crippen LogP contribution in [-0.4, -0.2) is 38.1 Å². The molecule has 0 atom stereocenters. The van der Waals surface area contributed by atoms with Crippen molar-refractivity contribution in [2.75, 3.05) is 32.1 Å². The molecule has 0 bridgehead atoms. The highest BCUT2D eigenvalue weighted by Gasteiger charge is 2.22. The summed E-state index contributed by atoms with van der Waals surface area (Å²) in [6.07, 6.45) is 0.938. The van der Waals surface area contributed by atoms with Crippen LogP contribution in [0.3, 0.4) is 0 Å². The molecule has 0 spiro atoms. The molecule has 1 amide bonds. The van der Waals surface area contributed by atoms with Gasteiger partial charge in [-0.3, -0.25) is 9.69 Å². The van der Waals surface area contributed by atoms with Crippen LogP contribution in [0.1, 0.15) is 33.5 Å². The molecule has 0 aliphatic rings. The number of quaternary nitrogens is 1. The molecular weight excluding hydrogens is 354 g/mol. The van der Waals surface area contributed by atoms with Crippen molar-refractivity contribution in [2.24, 2.45) is 0 Å². The van der Waals surface area contributed by atoms with E-state index in [0.29, 0.717) is 12.1 Å². The van der Waals surface area contributed by atoms with Crippen LogP contribution in [0.15, 0.2) is 36.4 Å². The number of carbonyl (C=O) groups excluding carboxylic acids is 1. The molecule has 4 nitrogen and oxygen atoms in total. The molecule has 1 aromatic heterocycles. The first-order valence-electron chi connectivity index (χ1n) is 9.40. The molecule has 0 saturated heterocycles. The number of rotatable bonds is 6. The van der Waals surface area contributed by atoms with E-state index in [1.54, 1.807) is 11.3 Å². The normalized spacial score (nSPS) is 11.3. The standard InChI is InChI=1S/C22H27N3OS/c1-15-7-9-18(10-8-15)21(26)25(12-6-11-24(4)5)22-23-20-17(3)13-16(2)14-19(20)27-22/h7-10,13-14H,6,11-12H2,1-5H3/p+1. The van der Waals surface area contributed by atoms with Crippen molar-refractivity contribution in [1.82, 2.24) is 4.98 Å². The zero-order valence-corrected chi connectivity index (χ0v) is 17.6. The lowest BCUT2D eigenvalue weighted by molar-refractivity contribution is -0.858. The molecule has 0 aliphatic carbocycles. The fourth-order valence-corrected chi connectivity index (χ4v) is 4.37. The van der Waals surface area contributed by atoms with E-state index in [0.717, 1.165) is 39.4 Å². The second kappa shape index (κ2) is 8.19. The summed E-state index contributed by atoms with van der Waals surface area (Å²) in [7, 11) is 4.27. The van der Waals surface area contributed by atoms with E-state index in [2.05, 4.69) is 40.1 Å². The monoisotopic (exact) mass is 382 g/mol. The quantitative estimate of drug-likeness (QED) is 0.709. The Morgan fingerprint density at radius 2 is 1.78 bits per heavy atom. The van der Waals surface area contributed by atoms with Gasteiger partial charge < -0.3 is 4.90 Å². The summed E-state index contributed by atoms with van der Waals surface area (Å²) in [4.78, 5) is 21.3. The zero-order chi connectivity index (χ0) is 19.6. The van der Waals surface area contributed by atoms with Crippen LogP contribution in [-0.2, 0) is 0 Å². The third-order valence-corrected chi connectivity index (χ3v) is 5.68. The summed E-state index contributed by atoms with van der Waals surface area (Å²) in [5.74, 6) is 0.0252. The zero-order valence-electron chi connectivity index (χ0n) is 16.8. The fraction of sp³-hybridized carbons (Fsp3) is 0.364. The number of carbonyl (C=O) groups is 1. The molecule has 0 fully saturated rings. The molecule has 0 unspecified atom stereocenters.